The number of nitrogens with zero attached hydrogens (tertiary/aromatic N) is 3. The third-order valence-electron chi connectivity index (χ3n) is 7.40. The molecule has 0 aliphatic carbocycles. The van der Waals surface area contributed by atoms with Gasteiger partial charge in [-0.2, -0.15) is 18.4 Å². The highest BCUT2D eigenvalue weighted by Gasteiger charge is 2.57. The van der Waals surface area contributed by atoms with Crippen molar-refractivity contribution in [1.82, 2.24) is 9.80 Å². The summed E-state index contributed by atoms with van der Waals surface area (Å²) < 4.78 is 54.4. The van der Waals surface area contributed by atoms with Gasteiger partial charge in [-0.1, -0.05) is 29.8 Å². The van der Waals surface area contributed by atoms with E-state index in [1.54, 1.807) is 18.2 Å². The van der Waals surface area contributed by atoms with Gasteiger partial charge in [-0.3, -0.25) is 14.4 Å². The number of rotatable bonds is 6. The second-order valence-corrected chi connectivity index (χ2v) is 11.3. The molecular weight excluding hydrogens is 552 g/mol. The summed E-state index contributed by atoms with van der Waals surface area (Å²) in [5.41, 5.74) is -2.98. The SMILES string of the molecule is CN(C(=O)Cc1cccc(C(F)(F)F)c1)[C@@H](CC(C)(C)F)C(=O)N1C[C@]2(C[C@H]1C#N)C(=O)Nc1ccc(Cl)cc12. The van der Waals surface area contributed by atoms with E-state index in [0.29, 0.717) is 16.3 Å². The first-order valence-corrected chi connectivity index (χ1v) is 12.9. The highest BCUT2D eigenvalue weighted by molar-refractivity contribution is 6.31. The van der Waals surface area contributed by atoms with Crippen LogP contribution in [-0.2, 0) is 32.4 Å². The van der Waals surface area contributed by atoms with Crippen LogP contribution in [0.4, 0.5) is 23.2 Å². The molecule has 0 saturated carbocycles. The molecule has 7 nitrogen and oxygen atoms in total. The Morgan fingerprint density at radius 1 is 1.23 bits per heavy atom. The molecule has 40 heavy (non-hydrogen) atoms. The number of benzene rings is 2. The molecule has 2 aliphatic heterocycles. The molecule has 4 rings (SSSR count). The van der Waals surface area contributed by atoms with Gasteiger partial charge in [0.25, 0.3) is 0 Å². The molecule has 0 unspecified atom stereocenters. The van der Waals surface area contributed by atoms with Gasteiger partial charge in [0.2, 0.25) is 17.7 Å². The Bertz CT molecular complexity index is 1400. The van der Waals surface area contributed by atoms with Gasteiger partial charge in [0, 0.05) is 37.1 Å². The van der Waals surface area contributed by atoms with Gasteiger partial charge < -0.3 is 15.1 Å². The number of nitrogens with one attached hydrogen (secondary N) is 1. The normalized spacial score (nSPS) is 21.1. The van der Waals surface area contributed by atoms with Crippen molar-refractivity contribution >= 4 is 35.0 Å². The van der Waals surface area contributed by atoms with E-state index in [4.69, 9.17) is 11.6 Å². The fourth-order valence-corrected chi connectivity index (χ4v) is 5.54. The van der Waals surface area contributed by atoms with Crippen LogP contribution >= 0.6 is 11.6 Å². The van der Waals surface area contributed by atoms with Crippen molar-refractivity contribution in [2.45, 2.75) is 62.5 Å². The number of amides is 3. The maximum atomic E-state index is 14.9. The smallest absolute Gasteiger partial charge is 0.333 e. The third-order valence-corrected chi connectivity index (χ3v) is 7.64. The van der Waals surface area contributed by atoms with E-state index in [9.17, 15) is 37.2 Å². The van der Waals surface area contributed by atoms with E-state index in [1.807, 2.05) is 6.07 Å². The molecule has 1 N–H and O–H groups in total. The van der Waals surface area contributed by atoms with Crippen molar-refractivity contribution in [1.29, 1.82) is 5.26 Å². The third kappa shape index (κ3) is 5.63. The number of nitriles is 1. The van der Waals surface area contributed by atoms with Crippen LogP contribution in [0.2, 0.25) is 5.02 Å². The minimum Gasteiger partial charge on any atom is -0.333 e. The Labute approximate surface area is 233 Å². The first-order chi connectivity index (χ1) is 18.6. The molecule has 0 aromatic heterocycles. The fraction of sp³-hybridized carbons (Fsp3) is 0.429. The van der Waals surface area contributed by atoms with Gasteiger partial charge in [-0.15, -0.1) is 0 Å². The number of anilines is 1. The quantitative estimate of drug-likeness (QED) is 0.495. The van der Waals surface area contributed by atoms with E-state index in [1.165, 1.54) is 37.9 Å². The average molecular weight is 579 g/mol. The molecule has 1 saturated heterocycles. The molecule has 0 radical (unpaired) electrons. The number of hydrogen-bond donors (Lipinski definition) is 1. The molecule has 212 valence electrons. The molecular formula is C28H27ClF4N4O3. The predicted molar refractivity (Wildman–Crippen MR) is 139 cm³/mol. The standard InChI is InChI=1S/C28H27ClF4N4O3/c1-26(2,30)13-22(36(3)23(38)10-16-5-4-6-17(9-16)28(31,32)33)24(39)37-15-27(12-19(37)14-34)20-11-18(29)7-8-21(20)35-25(27)40/h4-9,11,19,22H,10,12-13,15H2,1-3H3,(H,35,40)/t19-,22-,27-/m0/s1. The lowest BCUT2D eigenvalue weighted by Gasteiger charge is -2.34. The van der Waals surface area contributed by atoms with Crippen molar-refractivity contribution < 1.29 is 31.9 Å². The maximum absolute atomic E-state index is 14.9. The molecule has 0 bridgehead atoms. The maximum Gasteiger partial charge on any atom is 0.416 e. The zero-order valence-electron chi connectivity index (χ0n) is 22.0. The van der Waals surface area contributed by atoms with Crippen LogP contribution in [0.25, 0.3) is 0 Å². The number of likely N-dealkylation sites (N-methyl/N-ethyl adjacent to an activating group) is 1. The van der Waals surface area contributed by atoms with E-state index < -0.39 is 65.5 Å². The number of halogens is 5. The number of fused-ring (bicyclic) bond motifs is 2. The Morgan fingerprint density at radius 2 is 1.93 bits per heavy atom. The second-order valence-electron chi connectivity index (χ2n) is 10.9. The van der Waals surface area contributed by atoms with E-state index in [-0.39, 0.29) is 18.5 Å². The fourth-order valence-electron chi connectivity index (χ4n) is 5.37. The number of carbonyl (C=O) groups is 3. The van der Waals surface area contributed by atoms with Crippen LogP contribution in [0, 0.1) is 11.3 Å². The summed E-state index contributed by atoms with van der Waals surface area (Å²) in [6.07, 6.45) is -5.53. The number of alkyl halides is 4. The number of hydrogen-bond acceptors (Lipinski definition) is 4. The minimum absolute atomic E-state index is 0.0257. The summed E-state index contributed by atoms with van der Waals surface area (Å²) in [7, 11) is 1.27. The van der Waals surface area contributed by atoms with Crippen molar-refractivity contribution in [3.8, 4) is 6.07 Å². The lowest BCUT2D eigenvalue weighted by atomic mass is 9.80. The summed E-state index contributed by atoms with van der Waals surface area (Å²) in [6, 6.07) is 8.70. The number of likely N-dealkylation sites (tertiary alicyclic amines) is 1. The van der Waals surface area contributed by atoms with Gasteiger partial charge in [-0.25, -0.2) is 4.39 Å². The average Bonchev–Trinajstić information content (AvgIpc) is 3.39. The topological polar surface area (TPSA) is 93.5 Å². The lowest BCUT2D eigenvalue weighted by molar-refractivity contribution is -0.146. The molecule has 2 aliphatic rings. The lowest BCUT2D eigenvalue weighted by Crippen LogP contribution is -2.53. The van der Waals surface area contributed by atoms with Crippen LogP contribution in [-0.4, -0.2) is 58.9 Å². The van der Waals surface area contributed by atoms with E-state index >= 15 is 0 Å². The monoisotopic (exact) mass is 578 g/mol. The molecule has 1 fully saturated rings. The van der Waals surface area contributed by atoms with Gasteiger partial charge in [0.15, 0.2) is 0 Å². The van der Waals surface area contributed by atoms with Gasteiger partial charge in [0.05, 0.1) is 23.5 Å². The summed E-state index contributed by atoms with van der Waals surface area (Å²) >= 11 is 6.17. The molecule has 2 aromatic rings. The molecule has 2 aromatic carbocycles. The van der Waals surface area contributed by atoms with Crippen LogP contribution in [0.3, 0.4) is 0 Å². The van der Waals surface area contributed by atoms with Crippen molar-refractivity contribution in [2.75, 3.05) is 18.9 Å². The van der Waals surface area contributed by atoms with Crippen LogP contribution in [0.5, 0.6) is 0 Å². The summed E-state index contributed by atoms with van der Waals surface area (Å²) in [6.45, 7) is 2.27. The predicted octanol–water partition coefficient (Wildman–Crippen LogP) is 4.88. The Morgan fingerprint density at radius 3 is 2.55 bits per heavy atom. The highest BCUT2D eigenvalue weighted by atomic mass is 35.5. The summed E-state index contributed by atoms with van der Waals surface area (Å²) in [5.74, 6) is -1.85. The van der Waals surface area contributed by atoms with E-state index in [0.717, 1.165) is 17.0 Å². The summed E-state index contributed by atoms with van der Waals surface area (Å²) in [5, 5.41) is 13.0. The first-order valence-electron chi connectivity index (χ1n) is 12.5. The van der Waals surface area contributed by atoms with Crippen molar-refractivity contribution in [2.24, 2.45) is 0 Å². The minimum atomic E-state index is -4.60. The molecule has 3 atom stereocenters. The van der Waals surface area contributed by atoms with Crippen LogP contribution in [0.15, 0.2) is 42.5 Å². The Balaban J connectivity index is 1.63. The van der Waals surface area contributed by atoms with Crippen LogP contribution in [0.1, 0.15) is 43.4 Å². The second kappa shape index (κ2) is 10.4. The number of carbonyl (C=O) groups excluding carboxylic acids is 3. The molecule has 2 heterocycles. The molecule has 12 heteroatoms. The van der Waals surface area contributed by atoms with Gasteiger partial charge >= 0.3 is 6.18 Å². The van der Waals surface area contributed by atoms with Crippen LogP contribution < -0.4 is 5.32 Å². The van der Waals surface area contributed by atoms with Gasteiger partial charge in [0.1, 0.15) is 17.8 Å². The Hall–Kier alpha value is -3.65. The Kier molecular flexibility index (Phi) is 7.62. The molecule has 3 amide bonds. The van der Waals surface area contributed by atoms with Crippen molar-refractivity contribution in [3.05, 3.63) is 64.2 Å². The molecule has 1 spiro atoms. The van der Waals surface area contributed by atoms with E-state index in [2.05, 4.69) is 5.32 Å². The van der Waals surface area contributed by atoms with Crippen molar-refractivity contribution in [3.63, 3.8) is 0 Å². The van der Waals surface area contributed by atoms with Gasteiger partial charge in [-0.05, 0) is 49.2 Å². The zero-order valence-corrected chi connectivity index (χ0v) is 22.7. The zero-order chi connectivity index (χ0) is 29.6. The largest absolute Gasteiger partial charge is 0.416 e. The summed E-state index contributed by atoms with van der Waals surface area (Å²) in [4.78, 5) is 42.4. The first kappa shape index (κ1) is 29.3. The highest BCUT2D eigenvalue weighted by Crippen LogP contribution is 2.47.